The van der Waals surface area contributed by atoms with E-state index in [0.29, 0.717) is 17.1 Å². The maximum absolute atomic E-state index is 11.9. The van der Waals surface area contributed by atoms with Crippen molar-refractivity contribution in [1.82, 2.24) is 20.2 Å². The summed E-state index contributed by atoms with van der Waals surface area (Å²) in [6, 6.07) is 6.96. The van der Waals surface area contributed by atoms with E-state index in [9.17, 15) is 4.79 Å². The standard InChI is InChI=1S/C10H11N5O/c1-15-10(12-13-14-15)6-9(16)7-4-2-3-5-8(7)11/h2-5H,6,11H2,1H3. The van der Waals surface area contributed by atoms with Gasteiger partial charge < -0.3 is 5.73 Å². The molecule has 1 heterocycles. The summed E-state index contributed by atoms with van der Waals surface area (Å²) in [5.74, 6) is 0.434. The Bertz CT molecular complexity index is 519. The minimum absolute atomic E-state index is 0.0870. The highest BCUT2D eigenvalue weighted by Crippen LogP contribution is 2.12. The summed E-state index contributed by atoms with van der Waals surface area (Å²) in [6.45, 7) is 0. The lowest BCUT2D eigenvalue weighted by molar-refractivity contribution is 0.0990. The van der Waals surface area contributed by atoms with Gasteiger partial charge in [0.15, 0.2) is 11.6 Å². The molecule has 0 saturated carbocycles. The molecule has 1 aromatic carbocycles. The second kappa shape index (κ2) is 4.09. The third-order valence-corrected chi connectivity index (χ3v) is 2.29. The molecule has 0 spiro atoms. The van der Waals surface area contributed by atoms with Crippen molar-refractivity contribution < 1.29 is 4.79 Å². The molecule has 0 amide bonds. The van der Waals surface area contributed by atoms with E-state index in [-0.39, 0.29) is 12.2 Å². The number of para-hydroxylation sites is 1. The smallest absolute Gasteiger partial charge is 0.172 e. The van der Waals surface area contributed by atoms with Crippen molar-refractivity contribution in [2.24, 2.45) is 7.05 Å². The molecule has 0 aliphatic heterocycles. The normalized spacial score (nSPS) is 10.3. The second-order valence-electron chi connectivity index (χ2n) is 3.41. The monoisotopic (exact) mass is 217 g/mol. The number of anilines is 1. The van der Waals surface area contributed by atoms with Crippen LogP contribution in [0.25, 0.3) is 0 Å². The van der Waals surface area contributed by atoms with Crippen LogP contribution in [-0.2, 0) is 13.5 Å². The Balaban J connectivity index is 2.22. The predicted octanol–water partition coefficient (Wildman–Crippen LogP) is 0.218. The molecule has 82 valence electrons. The second-order valence-corrected chi connectivity index (χ2v) is 3.41. The van der Waals surface area contributed by atoms with Crippen molar-refractivity contribution in [3.8, 4) is 0 Å². The van der Waals surface area contributed by atoms with Crippen LogP contribution >= 0.6 is 0 Å². The minimum atomic E-state index is -0.0870. The molecular weight excluding hydrogens is 206 g/mol. The average Bonchev–Trinajstić information content (AvgIpc) is 2.65. The van der Waals surface area contributed by atoms with Crippen molar-refractivity contribution in [3.63, 3.8) is 0 Å². The molecule has 2 N–H and O–H groups in total. The lowest BCUT2D eigenvalue weighted by Crippen LogP contribution is -2.10. The highest BCUT2D eigenvalue weighted by molar-refractivity contribution is 6.01. The van der Waals surface area contributed by atoms with Gasteiger partial charge in [0.25, 0.3) is 0 Å². The van der Waals surface area contributed by atoms with Crippen LogP contribution in [0.1, 0.15) is 16.2 Å². The topological polar surface area (TPSA) is 86.7 Å². The average molecular weight is 217 g/mol. The van der Waals surface area contributed by atoms with E-state index in [1.807, 2.05) is 0 Å². The number of rotatable bonds is 3. The van der Waals surface area contributed by atoms with Gasteiger partial charge in [0.1, 0.15) is 0 Å². The molecule has 0 fully saturated rings. The van der Waals surface area contributed by atoms with Crippen LogP contribution in [0.4, 0.5) is 5.69 Å². The first-order valence-electron chi connectivity index (χ1n) is 4.77. The van der Waals surface area contributed by atoms with Gasteiger partial charge in [0.05, 0.1) is 6.42 Å². The number of ketones is 1. The SMILES string of the molecule is Cn1nnnc1CC(=O)c1ccccc1N. The van der Waals surface area contributed by atoms with E-state index >= 15 is 0 Å². The third kappa shape index (κ3) is 1.90. The van der Waals surface area contributed by atoms with Gasteiger partial charge in [0, 0.05) is 18.3 Å². The summed E-state index contributed by atoms with van der Waals surface area (Å²) in [7, 11) is 1.69. The fraction of sp³-hybridized carbons (Fsp3) is 0.200. The molecule has 16 heavy (non-hydrogen) atoms. The molecule has 0 aliphatic carbocycles. The summed E-state index contributed by atoms with van der Waals surface area (Å²) in [4.78, 5) is 11.9. The van der Waals surface area contributed by atoms with Crippen molar-refractivity contribution in [1.29, 1.82) is 0 Å². The molecule has 0 aliphatic rings. The van der Waals surface area contributed by atoms with Gasteiger partial charge in [-0.3, -0.25) is 4.79 Å². The van der Waals surface area contributed by atoms with Gasteiger partial charge in [-0.1, -0.05) is 12.1 Å². The summed E-state index contributed by atoms with van der Waals surface area (Å²) in [5.41, 5.74) is 6.69. The molecule has 6 heteroatoms. The van der Waals surface area contributed by atoms with E-state index < -0.39 is 0 Å². The summed E-state index contributed by atoms with van der Waals surface area (Å²) in [5, 5.41) is 10.9. The van der Waals surface area contributed by atoms with Gasteiger partial charge in [-0.05, 0) is 22.6 Å². The van der Waals surface area contributed by atoms with Crippen LogP contribution < -0.4 is 5.73 Å². The molecule has 1 aromatic heterocycles. The lowest BCUT2D eigenvalue weighted by atomic mass is 10.1. The minimum Gasteiger partial charge on any atom is -0.398 e. The lowest BCUT2D eigenvalue weighted by Gasteiger charge is -2.03. The number of aryl methyl sites for hydroxylation is 1. The zero-order valence-electron chi connectivity index (χ0n) is 8.79. The van der Waals surface area contributed by atoms with E-state index in [1.54, 1.807) is 31.3 Å². The van der Waals surface area contributed by atoms with E-state index in [2.05, 4.69) is 15.5 Å². The van der Waals surface area contributed by atoms with Gasteiger partial charge in [-0.2, -0.15) is 0 Å². The fourth-order valence-corrected chi connectivity index (χ4v) is 1.39. The number of nitrogens with zero attached hydrogens (tertiary/aromatic N) is 4. The molecule has 0 saturated heterocycles. The van der Waals surface area contributed by atoms with Crippen LogP contribution in [0.2, 0.25) is 0 Å². The van der Waals surface area contributed by atoms with Crippen LogP contribution in [0.3, 0.4) is 0 Å². The number of Topliss-reactive ketones (excluding diaryl/α,β-unsaturated/α-hetero) is 1. The maximum Gasteiger partial charge on any atom is 0.172 e. The van der Waals surface area contributed by atoms with Gasteiger partial charge >= 0.3 is 0 Å². The fourth-order valence-electron chi connectivity index (χ4n) is 1.39. The number of hydrogen-bond donors (Lipinski definition) is 1. The predicted molar refractivity (Wildman–Crippen MR) is 57.7 cm³/mol. The summed E-state index contributed by atoms with van der Waals surface area (Å²) in [6.07, 6.45) is 0.151. The molecular formula is C10H11N5O. The number of benzene rings is 1. The maximum atomic E-state index is 11.9. The van der Waals surface area contributed by atoms with Crippen molar-refractivity contribution in [3.05, 3.63) is 35.7 Å². The molecule has 2 rings (SSSR count). The van der Waals surface area contributed by atoms with Gasteiger partial charge in [-0.15, -0.1) is 5.10 Å². The first-order valence-corrected chi connectivity index (χ1v) is 4.77. The Morgan fingerprint density at radius 2 is 2.19 bits per heavy atom. The molecule has 6 nitrogen and oxygen atoms in total. The van der Waals surface area contributed by atoms with Gasteiger partial charge in [0.2, 0.25) is 0 Å². The number of nitrogens with two attached hydrogens (primary N) is 1. The molecule has 0 radical (unpaired) electrons. The molecule has 0 unspecified atom stereocenters. The Hall–Kier alpha value is -2.24. The first-order chi connectivity index (χ1) is 7.68. The number of carbonyl (C=O) groups excluding carboxylic acids is 1. The number of carbonyl (C=O) groups is 1. The first kappa shape index (κ1) is 10.3. The van der Waals surface area contributed by atoms with Crippen LogP contribution in [0, 0.1) is 0 Å². The Morgan fingerprint density at radius 1 is 1.44 bits per heavy atom. The zero-order valence-corrected chi connectivity index (χ0v) is 8.79. The van der Waals surface area contributed by atoms with Gasteiger partial charge in [-0.25, -0.2) is 4.68 Å². The Labute approximate surface area is 92.1 Å². The molecule has 0 atom stereocenters. The summed E-state index contributed by atoms with van der Waals surface area (Å²) >= 11 is 0. The van der Waals surface area contributed by atoms with E-state index in [4.69, 9.17) is 5.73 Å². The van der Waals surface area contributed by atoms with Crippen molar-refractivity contribution >= 4 is 11.5 Å². The van der Waals surface area contributed by atoms with E-state index in [1.165, 1.54) is 4.68 Å². The Kier molecular flexibility index (Phi) is 2.63. The quantitative estimate of drug-likeness (QED) is 0.587. The third-order valence-electron chi connectivity index (χ3n) is 2.29. The highest BCUT2D eigenvalue weighted by Gasteiger charge is 2.13. The summed E-state index contributed by atoms with van der Waals surface area (Å²) < 4.78 is 1.47. The molecule has 0 bridgehead atoms. The Morgan fingerprint density at radius 3 is 2.81 bits per heavy atom. The van der Waals surface area contributed by atoms with Crippen LogP contribution in [0.15, 0.2) is 24.3 Å². The van der Waals surface area contributed by atoms with Crippen LogP contribution in [0.5, 0.6) is 0 Å². The number of nitrogen functional groups attached to an aromatic ring is 1. The number of hydrogen-bond acceptors (Lipinski definition) is 5. The number of tetrazole rings is 1. The zero-order chi connectivity index (χ0) is 11.5. The van der Waals surface area contributed by atoms with Crippen molar-refractivity contribution in [2.45, 2.75) is 6.42 Å². The number of aromatic nitrogens is 4. The van der Waals surface area contributed by atoms with Crippen molar-refractivity contribution in [2.75, 3.05) is 5.73 Å². The van der Waals surface area contributed by atoms with E-state index in [0.717, 1.165) is 0 Å². The highest BCUT2D eigenvalue weighted by atomic mass is 16.1. The van der Waals surface area contributed by atoms with Crippen LogP contribution in [-0.4, -0.2) is 26.0 Å². The molecule has 2 aromatic rings. The largest absolute Gasteiger partial charge is 0.398 e.